The number of rotatable bonds is 5. The quantitative estimate of drug-likeness (QED) is 0.572. The Hall–Kier alpha value is -0.940. The van der Waals surface area contributed by atoms with Gasteiger partial charge in [-0.2, -0.15) is 0 Å². The molecular weight excluding hydrogens is 219 g/mol. The summed E-state index contributed by atoms with van der Waals surface area (Å²) >= 11 is 0. The number of benzene rings is 1. The highest BCUT2D eigenvalue weighted by Crippen LogP contribution is 2.11. The van der Waals surface area contributed by atoms with E-state index in [-0.39, 0.29) is 17.3 Å². The zero-order chi connectivity index (χ0) is 11.3. The van der Waals surface area contributed by atoms with Gasteiger partial charge in [-0.05, 0) is 31.2 Å². The molecule has 0 spiro atoms. The fourth-order valence-corrected chi connectivity index (χ4v) is 2.20. The Balaban J connectivity index is 2.73. The lowest BCUT2D eigenvalue weighted by atomic mass is 10.4. The topological polar surface area (TPSA) is 43.4 Å². The van der Waals surface area contributed by atoms with Crippen LogP contribution in [0.3, 0.4) is 0 Å². The molecule has 1 aromatic carbocycles. The lowest BCUT2D eigenvalue weighted by molar-refractivity contribution is 0.163. The van der Waals surface area contributed by atoms with Crippen LogP contribution in [0.15, 0.2) is 29.2 Å². The van der Waals surface area contributed by atoms with Crippen molar-refractivity contribution in [2.45, 2.75) is 11.8 Å². The van der Waals surface area contributed by atoms with Gasteiger partial charge in [0.25, 0.3) is 0 Å². The molecule has 84 valence electrons. The molecule has 3 nitrogen and oxygen atoms in total. The van der Waals surface area contributed by atoms with Crippen molar-refractivity contribution in [2.24, 2.45) is 0 Å². The molecule has 0 fully saturated rings. The average molecular weight is 232 g/mol. The maximum atomic E-state index is 12.6. The minimum Gasteiger partial charge on any atom is -0.381 e. The van der Waals surface area contributed by atoms with E-state index in [9.17, 15) is 12.8 Å². The standard InChI is InChI=1S/C10H13FO3S/c1-2-14-7-8-15(12,13)10-5-3-9(11)4-6-10/h3-6H,2,7-8H2,1H3. The highest BCUT2D eigenvalue weighted by atomic mass is 32.2. The molecule has 0 bridgehead atoms. The van der Waals surface area contributed by atoms with Gasteiger partial charge in [-0.3, -0.25) is 0 Å². The Morgan fingerprint density at radius 1 is 1.27 bits per heavy atom. The molecule has 0 saturated carbocycles. The third-order valence-corrected chi connectivity index (χ3v) is 3.57. The molecule has 0 atom stereocenters. The number of hydrogen-bond acceptors (Lipinski definition) is 3. The fourth-order valence-electron chi connectivity index (χ4n) is 1.07. The first kappa shape index (κ1) is 12.1. The van der Waals surface area contributed by atoms with Crippen molar-refractivity contribution in [3.05, 3.63) is 30.1 Å². The second-order valence-electron chi connectivity index (χ2n) is 2.97. The van der Waals surface area contributed by atoms with Crippen LogP contribution in [0.1, 0.15) is 6.92 Å². The third kappa shape index (κ3) is 3.60. The summed E-state index contributed by atoms with van der Waals surface area (Å²) < 4.78 is 40.8. The number of sulfone groups is 1. The summed E-state index contributed by atoms with van der Waals surface area (Å²) in [5.74, 6) is -0.523. The lowest BCUT2D eigenvalue weighted by Crippen LogP contribution is -2.12. The lowest BCUT2D eigenvalue weighted by Gasteiger charge is -2.04. The summed E-state index contributed by atoms with van der Waals surface area (Å²) in [4.78, 5) is 0.128. The summed E-state index contributed by atoms with van der Waals surface area (Å²) in [6.07, 6.45) is 0. The number of ether oxygens (including phenoxy) is 1. The van der Waals surface area contributed by atoms with Crippen LogP contribution in [-0.4, -0.2) is 27.4 Å². The molecule has 0 aromatic heterocycles. The van der Waals surface area contributed by atoms with Crippen molar-refractivity contribution in [3.8, 4) is 0 Å². The van der Waals surface area contributed by atoms with Crippen LogP contribution in [0.2, 0.25) is 0 Å². The van der Waals surface area contributed by atoms with E-state index in [4.69, 9.17) is 4.74 Å². The van der Waals surface area contributed by atoms with E-state index in [0.29, 0.717) is 6.61 Å². The summed E-state index contributed by atoms with van der Waals surface area (Å²) in [5.41, 5.74) is 0. The van der Waals surface area contributed by atoms with Gasteiger partial charge in [-0.25, -0.2) is 12.8 Å². The van der Waals surface area contributed by atoms with Gasteiger partial charge in [0, 0.05) is 6.61 Å². The van der Waals surface area contributed by atoms with E-state index < -0.39 is 15.7 Å². The molecule has 1 aromatic rings. The number of hydrogen-bond donors (Lipinski definition) is 0. The molecule has 0 aliphatic rings. The first-order valence-corrected chi connectivity index (χ1v) is 6.27. The molecule has 1 rings (SSSR count). The van der Waals surface area contributed by atoms with Gasteiger partial charge in [-0.1, -0.05) is 0 Å². The van der Waals surface area contributed by atoms with Crippen molar-refractivity contribution in [1.29, 1.82) is 0 Å². The molecule has 0 unspecified atom stereocenters. The zero-order valence-electron chi connectivity index (χ0n) is 8.44. The number of halogens is 1. The van der Waals surface area contributed by atoms with E-state index in [1.165, 1.54) is 12.1 Å². The van der Waals surface area contributed by atoms with Crippen LogP contribution in [0, 0.1) is 5.82 Å². The van der Waals surface area contributed by atoms with Gasteiger partial charge in [-0.15, -0.1) is 0 Å². The molecule has 0 heterocycles. The molecule has 5 heteroatoms. The second-order valence-corrected chi connectivity index (χ2v) is 5.08. The Bertz CT molecular complexity index is 397. The SMILES string of the molecule is CCOCCS(=O)(=O)c1ccc(F)cc1. The van der Waals surface area contributed by atoms with E-state index in [2.05, 4.69) is 0 Å². The van der Waals surface area contributed by atoms with E-state index in [1.54, 1.807) is 6.92 Å². The predicted molar refractivity (Wildman–Crippen MR) is 54.9 cm³/mol. The van der Waals surface area contributed by atoms with Crippen LogP contribution in [-0.2, 0) is 14.6 Å². The molecule has 0 aliphatic carbocycles. The van der Waals surface area contributed by atoms with Crippen LogP contribution < -0.4 is 0 Å². The molecule has 0 amide bonds. The van der Waals surface area contributed by atoms with Crippen molar-refractivity contribution in [3.63, 3.8) is 0 Å². The van der Waals surface area contributed by atoms with Gasteiger partial charge in [0.05, 0.1) is 17.3 Å². The fraction of sp³-hybridized carbons (Fsp3) is 0.400. The monoisotopic (exact) mass is 232 g/mol. The predicted octanol–water partition coefficient (Wildman–Crippen LogP) is 1.64. The first-order chi connectivity index (χ1) is 7.06. The van der Waals surface area contributed by atoms with Gasteiger partial charge in [0.1, 0.15) is 5.82 Å². The molecule has 0 radical (unpaired) electrons. The highest BCUT2D eigenvalue weighted by Gasteiger charge is 2.13. The first-order valence-electron chi connectivity index (χ1n) is 4.62. The maximum Gasteiger partial charge on any atom is 0.180 e. The van der Waals surface area contributed by atoms with Gasteiger partial charge < -0.3 is 4.74 Å². The van der Waals surface area contributed by atoms with Crippen LogP contribution in [0.4, 0.5) is 4.39 Å². The highest BCUT2D eigenvalue weighted by molar-refractivity contribution is 7.91. The second kappa shape index (κ2) is 5.23. The van der Waals surface area contributed by atoms with Gasteiger partial charge in [0.15, 0.2) is 9.84 Å². The summed E-state index contributed by atoms with van der Waals surface area (Å²) in [6.45, 7) is 2.44. The Labute approximate surface area is 88.8 Å². The summed E-state index contributed by atoms with van der Waals surface area (Å²) in [7, 11) is -3.34. The average Bonchev–Trinajstić information content (AvgIpc) is 2.18. The Kier molecular flexibility index (Phi) is 4.23. The molecular formula is C10H13FO3S. The van der Waals surface area contributed by atoms with E-state index in [0.717, 1.165) is 12.1 Å². The van der Waals surface area contributed by atoms with Crippen molar-refractivity contribution in [1.82, 2.24) is 0 Å². The smallest absolute Gasteiger partial charge is 0.180 e. The maximum absolute atomic E-state index is 12.6. The van der Waals surface area contributed by atoms with Crippen molar-refractivity contribution < 1.29 is 17.5 Å². The van der Waals surface area contributed by atoms with E-state index >= 15 is 0 Å². The molecule has 0 aliphatic heterocycles. The summed E-state index contributed by atoms with van der Waals surface area (Å²) in [5, 5.41) is 0. The van der Waals surface area contributed by atoms with Crippen LogP contribution >= 0.6 is 0 Å². The molecule has 0 N–H and O–H groups in total. The van der Waals surface area contributed by atoms with Crippen LogP contribution in [0.25, 0.3) is 0 Å². The molecule has 0 saturated heterocycles. The van der Waals surface area contributed by atoms with Crippen LogP contribution in [0.5, 0.6) is 0 Å². The largest absolute Gasteiger partial charge is 0.381 e. The normalized spacial score (nSPS) is 11.6. The Morgan fingerprint density at radius 2 is 1.87 bits per heavy atom. The minimum atomic E-state index is -3.34. The van der Waals surface area contributed by atoms with Gasteiger partial charge in [0.2, 0.25) is 0 Å². The molecule has 15 heavy (non-hydrogen) atoms. The zero-order valence-corrected chi connectivity index (χ0v) is 9.26. The minimum absolute atomic E-state index is 0.0769. The van der Waals surface area contributed by atoms with Crippen molar-refractivity contribution >= 4 is 9.84 Å². The van der Waals surface area contributed by atoms with Crippen molar-refractivity contribution in [2.75, 3.05) is 19.0 Å². The third-order valence-electron chi connectivity index (χ3n) is 1.87. The summed E-state index contributed by atoms with van der Waals surface area (Å²) in [6, 6.07) is 4.79. The Morgan fingerprint density at radius 3 is 2.40 bits per heavy atom. The van der Waals surface area contributed by atoms with Gasteiger partial charge >= 0.3 is 0 Å². The van der Waals surface area contributed by atoms with E-state index in [1.807, 2.05) is 0 Å².